The normalized spacial score (nSPS) is 13.9. The number of nitrogens with zero attached hydrogens (tertiary/aromatic N) is 1. The third-order valence-electron chi connectivity index (χ3n) is 16.0. The van der Waals surface area contributed by atoms with Crippen LogP contribution in [-0.4, -0.2) is 68.5 Å². The Kier molecular flexibility index (Phi) is 60.8. The molecule has 0 aliphatic heterocycles. The van der Waals surface area contributed by atoms with Gasteiger partial charge in [-0.1, -0.05) is 319 Å². The molecule has 1 amide bonds. The van der Waals surface area contributed by atoms with E-state index in [0.717, 1.165) is 44.9 Å². The van der Waals surface area contributed by atoms with Crippen LogP contribution < -0.4 is 10.2 Å². The topological polar surface area (TPSA) is 108 Å². The van der Waals surface area contributed by atoms with Gasteiger partial charge in [0.05, 0.1) is 39.9 Å². The van der Waals surface area contributed by atoms with Crippen molar-refractivity contribution < 1.29 is 32.9 Å². The van der Waals surface area contributed by atoms with Gasteiger partial charge in [-0.2, -0.15) is 0 Å². The van der Waals surface area contributed by atoms with Gasteiger partial charge in [-0.15, -0.1) is 0 Å². The lowest BCUT2D eigenvalue weighted by Crippen LogP contribution is -2.45. The molecule has 0 rings (SSSR count). The number of hydrogen-bond acceptors (Lipinski definition) is 6. The fraction of sp³-hybridized carbons (Fsp3) is 0.873. The number of rotatable bonds is 65. The van der Waals surface area contributed by atoms with Crippen molar-refractivity contribution in [3.63, 3.8) is 0 Å². The highest BCUT2D eigenvalue weighted by Gasteiger charge is 2.23. The van der Waals surface area contributed by atoms with Crippen LogP contribution in [0.25, 0.3) is 0 Å². The van der Waals surface area contributed by atoms with Crippen molar-refractivity contribution in [2.45, 2.75) is 360 Å². The highest BCUT2D eigenvalue weighted by atomic mass is 31.2. The molecule has 3 atom stereocenters. The van der Waals surface area contributed by atoms with Gasteiger partial charge in [-0.3, -0.25) is 9.36 Å². The number of unbranched alkanes of at least 4 members (excludes halogenated alkanes) is 46. The first-order chi connectivity index (χ1) is 39.0. The van der Waals surface area contributed by atoms with E-state index in [4.69, 9.17) is 9.05 Å². The van der Waals surface area contributed by atoms with Crippen LogP contribution in [0.5, 0.6) is 0 Å². The van der Waals surface area contributed by atoms with Gasteiger partial charge in [0.15, 0.2) is 0 Å². The summed E-state index contributed by atoms with van der Waals surface area (Å²) in [7, 11) is 1.25. The number of carbonyl (C=O) groups is 1. The monoisotopic (exact) mass is 1150 g/mol. The molecule has 9 heteroatoms. The van der Waals surface area contributed by atoms with Crippen LogP contribution in [-0.2, 0) is 18.4 Å². The number of likely N-dealkylation sites (N-methyl/N-ethyl adjacent to an activating group) is 1. The molecule has 0 aromatic rings. The molecule has 0 heterocycles. The van der Waals surface area contributed by atoms with Crippen LogP contribution in [0.2, 0.25) is 0 Å². The van der Waals surface area contributed by atoms with Crippen molar-refractivity contribution in [2.24, 2.45) is 0 Å². The molecule has 0 aromatic heterocycles. The minimum absolute atomic E-state index is 0.00840. The molecule has 2 N–H and O–H groups in total. The van der Waals surface area contributed by atoms with Crippen LogP contribution in [0.4, 0.5) is 0 Å². The molecular weight excluding hydrogens is 1010 g/mol. The van der Waals surface area contributed by atoms with Gasteiger partial charge in [0.2, 0.25) is 5.91 Å². The van der Waals surface area contributed by atoms with Crippen molar-refractivity contribution in [3.8, 4) is 0 Å². The van der Waals surface area contributed by atoms with Crippen molar-refractivity contribution in [2.75, 3.05) is 40.9 Å². The molecule has 0 saturated heterocycles. The SMILES string of the molecule is CCCCCCCCCCCCC/C=C/CC/C=C/CC/C=C/C(O)C(COP(=O)([O-])OCC[N+](C)(C)C)NC(=O)CCCCCCCCCCCCCCCCCCC/C=C\CCCCCCCCCCCCCCCCCC. The second-order valence-electron chi connectivity index (χ2n) is 25.2. The maximum Gasteiger partial charge on any atom is 0.268 e. The van der Waals surface area contributed by atoms with E-state index in [9.17, 15) is 19.4 Å². The number of aliphatic hydroxyl groups is 1. The lowest BCUT2D eigenvalue weighted by Gasteiger charge is -2.29. The zero-order chi connectivity index (χ0) is 58.4. The molecule has 0 aromatic carbocycles. The Morgan fingerprint density at radius 2 is 0.700 bits per heavy atom. The Hall–Kier alpha value is -1.54. The largest absolute Gasteiger partial charge is 0.756 e. The fourth-order valence-electron chi connectivity index (χ4n) is 10.5. The van der Waals surface area contributed by atoms with E-state index in [1.165, 1.54) is 283 Å². The first-order valence-electron chi connectivity index (χ1n) is 35.0. The fourth-order valence-corrected chi connectivity index (χ4v) is 11.3. The number of aliphatic hydroxyl groups excluding tert-OH is 1. The van der Waals surface area contributed by atoms with Gasteiger partial charge in [0.1, 0.15) is 13.2 Å². The average Bonchev–Trinajstić information content (AvgIpc) is 3.42. The summed E-state index contributed by atoms with van der Waals surface area (Å²) in [5.74, 6) is -0.206. The first kappa shape index (κ1) is 78.5. The van der Waals surface area contributed by atoms with Gasteiger partial charge < -0.3 is 28.8 Å². The number of phosphoric acid groups is 1. The summed E-state index contributed by atoms with van der Waals surface area (Å²) in [5, 5.41) is 13.9. The van der Waals surface area contributed by atoms with Crippen LogP contribution in [0.1, 0.15) is 348 Å². The number of phosphoric ester groups is 1. The summed E-state index contributed by atoms with van der Waals surface area (Å²) in [6, 6.07) is -0.911. The van der Waals surface area contributed by atoms with Gasteiger partial charge in [-0.05, 0) is 70.6 Å². The van der Waals surface area contributed by atoms with Crippen LogP contribution in [0.3, 0.4) is 0 Å². The highest BCUT2D eigenvalue weighted by Crippen LogP contribution is 2.38. The quantitative estimate of drug-likeness (QED) is 0.0272. The molecule has 8 nitrogen and oxygen atoms in total. The van der Waals surface area contributed by atoms with Crippen LogP contribution in [0.15, 0.2) is 48.6 Å². The molecule has 0 fully saturated rings. The number of nitrogens with one attached hydrogen (secondary N) is 1. The number of amides is 1. The molecule has 3 unspecified atom stereocenters. The number of carbonyl (C=O) groups excluding carboxylic acids is 1. The van der Waals surface area contributed by atoms with Crippen molar-refractivity contribution in [1.29, 1.82) is 0 Å². The molecular formula is C71H137N2O6P. The molecule has 0 radical (unpaired) electrons. The number of quaternary nitrogens is 1. The summed E-state index contributed by atoms with van der Waals surface area (Å²) < 4.78 is 23.4. The van der Waals surface area contributed by atoms with Crippen molar-refractivity contribution in [1.82, 2.24) is 5.32 Å². The summed E-state index contributed by atoms with van der Waals surface area (Å²) in [6.45, 7) is 4.67. The Labute approximate surface area is 499 Å². The van der Waals surface area contributed by atoms with Gasteiger partial charge in [-0.25, -0.2) is 0 Å². The van der Waals surface area contributed by atoms with Gasteiger partial charge in [0, 0.05) is 6.42 Å². The Morgan fingerprint density at radius 3 is 1.01 bits per heavy atom. The number of allylic oxidation sites excluding steroid dienone is 7. The minimum Gasteiger partial charge on any atom is -0.756 e. The maximum atomic E-state index is 13.0. The van der Waals surface area contributed by atoms with Crippen molar-refractivity contribution >= 4 is 13.7 Å². The molecule has 0 bridgehead atoms. The van der Waals surface area contributed by atoms with Crippen LogP contribution >= 0.6 is 7.82 Å². The average molecular weight is 1150 g/mol. The van der Waals surface area contributed by atoms with Crippen molar-refractivity contribution in [3.05, 3.63) is 48.6 Å². The molecule has 0 saturated carbocycles. The molecule has 0 spiro atoms. The van der Waals surface area contributed by atoms with Gasteiger partial charge >= 0.3 is 0 Å². The second kappa shape index (κ2) is 62.0. The standard InChI is InChI=1S/C71H137N2O6P/c1-6-8-10-12-14-16-18-20-22-24-26-28-29-30-31-32-33-34-35-36-37-38-39-40-41-42-43-45-47-49-51-53-55-57-59-61-63-65-71(75)72-69(68-79-80(76,77)78-67-66-73(3,4)5)70(74)64-62-60-58-56-54-52-50-48-46-44-27-25-23-21-19-17-15-13-11-9-7-2/h34-35,46,48,54,56,62,64,69-70,74H,6-33,36-45,47,49-53,55,57-61,63,65-68H2,1-5H3,(H-,72,75,76,77)/b35-34-,48-46+,56-54+,64-62+. The summed E-state index contributed by atoms with van der Waals surface area (Å²) in [6.07, 6.45) is 83.9. The Morgan fingerprint density at radius 1 is 0.425 bits per heavy atom. The predicted molar refractivity (Wildman–Crippen MR) is 348 cm³/mol. The second-order valence-corrected chi connectivity index (χ2v) is 26.6. The summed E-state index contributed by atoms with van der Waals surface area (Å²) >= 11 is 0. The zero-order valence-corrected chi connectivity index (χ0v) is 54.9. The molecule has 0 aliphatic carbocycles. The van der Waals surface area contributed by atoms with E-state index >= 15 is 0 Å². The summed E-state index contributed by atoms with van der Waals surface area (Å²) in [4.78, 5) is 25.6. The summed E-state index contributed by atoms with van der Waals surface area (Å²) in [5.41, 5.74) is 0. The van der Waals surface area contributed by atoms with Crippen LogP contribution in [0, 0.1) is 0 Å². The lowest BCUT2D eigenvalue weighted by atomic mass is 10.0. The zero-order valence-electron chi connectivity index (χ0n) is 54.0. The van der Waals surface area contributed by atoms with E-state index < -0.39 is 26.6 Å². The molecule has 472 valence electrons. The third kappa shape index (κ3) is 64.0. The number of hydrogen-bond donors (Lipinski definition) is 2. The van der Waals surface area contributed by atoms with E-state index in [2.05, 4.69) is 55.6 Å². The van der Waals surface area contributed by atoms with E-state index in [-0.39, 0.29) is 12.5 Å². The van der Waals surface area contributed by atoms with Gasteiger partial charge in [0.25, 0.3) is 7.82 Å². The molecule has 80 heavy (non-hydrogen) atoms. The Balaban J connectivity index is 4.02. The predicted octanol–water partition coefficient (Wildman–Crippen LogP) is 21.6. The Bertz CT molecular complexity index is 1440. The minimum atomic E-state index is -4.61. The smallest absolute Gasteiger partial charge is 0.268 e. The lowest BCUT2D eigenvalue weighted by molar-refractivity contribution is -0.870. The van der Waals surface area contributed by atoms with E-state index in [1.807, 2.05) is 27.2 Å². The van der Waals surface area contributed by atoms with E-state index in [0.29, 0.717) is 17.4 Å². The maximum absolute atomic E-state index is 13.0. The third-order valence-corrected chi connectivity index (χ3v) is 17.0. The molecule has 0 aliphatic rings. The van der Waals surface area contributed by atoms with E-state index in [1.54, 1.807) is 6.08 Å². The highest BCUT2D eigenvalue weighted by molar-refractivity contribution is 7.45. The first-order valence-corrected chi connectivity index (χ1v) is 36.5.